The quantitative estimate of drug-likeness (QED) is 0.310. The number of nitrogens with one attached hydrogen (secondary N) is 2. The lowest BCUT2D eigenvalue weighted by Gasteiger charge is -2.26. The molecular weight excluding hydrogens is 609 g/mol. The van der Waals surface area contributed by atoms with Crippen molar-refractivity contribution in [2.45, 2.75) is 38.4 Å². The first-order chi connectivity index (χ1) is 20.6. The molecule has 44 heavy (non-hydrogen) atoms. The van der Waals surface area contributed by atoms with Gasteiger partial charge in [-0.1, -0.05) is 0 Å². The summed E-state index contributed by atoms with van der Waals surface area (Å²) < 4.78 is 55.3. The number of nitrogens with zero attached hydrogens (tertiary/aromatic N) is 6. The van der Waals surface area contributed by atoms with E-state index in [-0.39, 0.29) is 45.1 Å². The number of hydrogen-bond acceptors (Lipinski definition) is 9. The fourth-order valence-corrected chi connectivity index (χ4v) is 4.78. The Morgan fingerprint density at radius 3 is 2.64 bits per heavy atom. The zero-order valence-electron chi connectivity index (χ0n) is 23.7. The molecule has 1 aliphatic heterocycles. The predicted molar refractivity (Wildman–Crippen MR) is 151 cm³/mol. The summed E-state index contributed by atoms with van der Waals surface area (Å²) in [5.41, 5.74) is -3.02. The lowest BCUT2D eigenvalue weighted by molar-refractivity contribution is -0.189. The third-order valence-corrected chi connectivity index (χ3v) is 6.73. The largest absolute Gasteiger partial charge is 0.482 e. The molecular formula is C27H22ClF3N8O5. The van der Waals surface area contributed by atoms with E-state index in [1.54, 1.807) is 26.8 Å². The first kappa shape index (κ1) is 30.3. The number of amides is 2. The fraction of sp³-hybridized carbons (Fsp3) is 0.296. The number of nitriles is 1. The summed E-state index contributed by atoms with van der Waals surface area (Å²) in [6, 6.07) is 3.83. The molecule has 2 amide bonds. The van der Waals surface area contributed by atoms with Gasteiger partial charge >= 0.3 is 18.1 Å². The van der Waals surface area contributed by atoms with Crippen LogP contribution < -0.4 is 20.5 Å². The van der Waals surface area contributed by atoms with Crippen molar-refractivity contribution in [1.29, 1.82) is 5.26 Å². The first-order valence-corrected chi connectivity index (χ1v) is 13.2. The minimum atomic E-state index is -4.33. The molecule has 4 aromatic rings. The molecule has 17 heteroatoms. The van der Waals surface area contributed by atoms with Crippen LogP contribution >= 0.6 is 11.6 Å². The van der Waals surface area contributed by atoms with E-state index >= 15 is 4.39 Å². The SMILES string of the molecule is CN(C(=O)OC(C)(C)C)c1nc(-c2cnn(C)c2-c2c(F)cc3c(c2C#N)OC(F)(F)C(=O)N3)cc2c(CCl)n[nH]c(=O)c12. The Morgan fingerprint density at radius 2 is 2.00 bits per heavy atom. The molecule has 1 aromatic carbocycles. The van der Waals surface area contributed by atoms with Gasteiger partial charge in [0, 0.05) is 31.1 Å². The maximum atomic E-state index is 15.7. The second-order valence-corrected chi connectivity index (χ2v) is 10.9. The topological polar surface area (TPSA) is 168 Å². The summed E-state index contributed by atoms with van der Waals surface area (Å²) in [7, 11) is 2.73. The van der Waals surface area contributed by atoms with Gasteiger partial charge in [0.2, 0.25) is 0 Å². The van der Waals surface area contributed by atoms with Gasteiger partial charge in [-0.2, -0.15) is 24.2 Å². The maximum absolute atomic E-state index is 15.7. The second-order valence-electron chi connectivity index (χ2n) is 10.6. The van der Waals surface area contributed by atoms with E-state index < -0.39 is 57.7 Å². The molecule has 228 valence electrons. The van der Waals surface area contributed by atoms with Gasteiger partial charge in [0.15, 0.2) is 11.6 Å². The van der Waals surface area contributed by atoms with Crippen LogP contribution in [0.2, 0.25) is 0 Å². The molecule has 1 aliphatic rings. The van der Waals surface area contributed by atoms with Gasteiger partial charge < -0.3 is 14.8 Å². The van der Waals surface area contributed by atoms with Crippen LogP contribution in [0.25, 0.3) is 33.3 Å². The predicted octanol–water partition coefficient (Wildman–Crippen LogP) is 4.43. The maximum Gasteiger partial charge on any atom is 0.482 e. The molecule has 0 spiro atoms. The van der Waals surface area contributed by atoms with Crippen molar-refractivity contribution in [1.82, 2.24) is 25.0 Å². The number of alkyl halides is 3. The molecule has 0 radical (unpaired) electrons. The van der Waals surface area contributed by atoms with Gasteiger partial charge in [0.05, 0.1) is 45.8 Å². The number of benzene rings is 1. The molecule has 0 saturated carbocycles. The third-order valence-electron chi connectivity index (χ3n) is 6.48. The molecule has 0 saturated heterocycles. The number of ether oxygens (including phenoxy) is 2. The number of rotatable bonds is 4. The van der Waals surface area contributed by atoms with E-state index in [0.717, 1.165) is 11.0 Å². The van der Waals surface area contributed by atoms with E-state index in [1.165, 1.54) is 31.0 Å². The number of anilines is 2. The standard InChI is InChI=1S/C27H22ClF3N8O5/c1-26(2,3)44-25(42)38(4)22-19-11(17(8-28)36-37-23(19)40)6-15(34-22)13-10-33-39(5)20(13)18-12(9-32)21-16(7-14(18)29)35-24(41)27(30,31)43-21/h6-7,10H,8H2,1-5H3,(H,35,41)(H,37,40). The molecule has 0 aliphatic carbocycles. The van der Waals surface area contributed by atoms with Crippen LogP contribution in [-0.2, 0) is 22.5 Å². The Labute approximate surface area is 251 Å². The van der Waals surface area contributed by atoms with E-state index in [4.69, 9.17) is 16.3 Å². The van der Waals surface area contributed by atoms with E-state index in [9.17, 15) is 28.4 Å². The van der Waals surface area contributed by atoms with Gasteiger partial charge in [-0.3, -0.25) is 19.2 Å². The number of pyridine rings is 1. The lowest BCUT2D eigenvalue weighted by Crippen LogP contribution is -2.43. The molecule has 0 unspecified atom stereocenters. The Bertz CT molecular complexity index is 1980. The van der Waals surface area contributed by atoms with Gasteiger partial charge in [-0.05, 0) is 26.8 Å². The summed E-state index contributed by atoms with van der Waals surface area (Å²) in [5, 5.41) is 22.4. The van der Waals surface area contributed by atoms with Crippen molar-refractivity contribution in [3.8, 4) is 34.3 Å². The lowest BCUT2D eigenvalue weighted by atomic mass is 9.97. The van der Waals surface area contributed by atoms with Crippen LogP contribution in [0.1, 0.15) is 32.0 Å². The smallest absolute Gasteiger partial charge is 0.443 e. The van der Waals surface area contributed by atoms with Gasteiger partial charge in [-0.25, -0.2) is 19.3 Å². The van der Waals surface area contributed by atoms with Crippen molar-refractivity contribution in [3.63, 3.8) is 0 Å². The summed E-state index contributed by atoms with van der Waals surface area (Å²) in [4.78, 5) is 43.3. The highest BCUT2D eigenvalue weighted by Crippen LogP contribution is 2.46. The van der Waals surface area contributed by atoms with Crippen LogP contribution in [0.5, 0.6) is 5.75 Å². The molecule has 0 atom stereocenters. The summed E-state index contributed by atoms with van der Waals surface area (Å²) in [6.45, 7) is 4.95. The minimum absolute atomic E-state index is 0.0188. The van der Waals surface area contributed by atoms with Crippen molar-refractivity contribution in [3.05, 3.63) is 45.8 Å². The number of carbonyl (C=O) groups is 2. The average Bonchev–Trinajstić information content (AvgIpc) is 3.32. The molecule has 2 N–H and O–H groups in total. The monoisotopic (exact) mass is 630 g/mol. The molecule has 13 nitrogen and oxygen atoms in total. The van der Waals surface area contributed by atoms with Gasteiger partial charge in [0.25, 0.3) is 5.56 Å². The number of aryl methyl sites for hydroxylation is 1. The van der Waals surface area contributed by atoms with Crippen LogP contribution in [-0.4, -0.2) is 55.7 Å². The molecule has 5 rings (SSSR count). The fourth-order valence-electron chi connectivity index (χ4n) is 4.58. The van der Waals surface area contributed by atoms with E-state index in [0.29, 0.717) is 0 Å². The Balaban J connectivity index is 1.80. The average molecular weight is 631 g/mol. The van der Waals surface area contributed by atoms with E-state index in [1.807, 2.05) is 5.32 Å². The molecule has 0 bridgehead atoms. The normalized spacial score (nSPS) is 14.0. The summed E-state index contributed by atoms with van der Waals surface area (Å²) >= 11 is 6.11. The van der Waals surface area contributed by atoms with Crippen LogP contribution in [0.4, 0.5) is 29.5 Å². The van der Waals surface area contributed by atoms with Crippen molar-refractivity contribution < 1.29 is 32.2 Å². The zero-order chi connectivity index (χ0) is 32.3. The molecule has 4 heterocycles. The number of carbonyl (C=O) groups excluding carboxylic acids is 2. The summed E-state index contributed by atoms with van der Waals surface area (Å²) in [5.74, 6) is -4.00. The second kappa shape index (κ2) is 10.5. The van der Waals surface area contributed by atoms with Gasteiger partial charge in [-0.15, -0.1) is 11.6 Å². The number of aromatic amines is 1. The van der Waals surface area contributed by atoms with E-state index in [2.05, 4.69) is 25.0 Å². The molecule has 3 aromatic heterocycles. The number of H-pyrrole nitrogens is 1. The van der Waals surface area contributed by atoms with Crippen molar-refractivity contribution in [2.75, 3.05) is 17.3 Å². The molecule has 0 fully saturated rings. The highest BCUT2D eigenvalue weighted by molar-refractivity contribution is 6.18. The Morgan fingerprint density at radius 1 is 1.30 bits per heavy atom. The number of halogens is 4. The van der Waals surface area contributed by atoms with Crippen LogP contribution in [0.3, 0.4) is 0 Å². The Kier molecular flexibility index (Phi) is 7.25. The van der Waals surface area contributed by atoms with Crippen molar-refractivity contribution in [2.24, 2.45) is 7.05 Å². The first-order valence-electron chi connectivity index (χ1n) is 12.7. The number of hydrogen-bond donors (Lipinski definition) is 2. The van der Waals surface area contributed by atoms with Gasteiger partial charge in [0.1, 0.15) is 23.1 Å². The van der Waals surface area contributed by atoms with Crippen molar-refractivity contribution >= 4 is 45.9 Å². The number of fused-ring (bicyclic) bond motifs is 2. The Hall–Kier alpha value is -5.17. The summed E-state index contributed by atoms with van der Waals surface area (Å²) in [6.07, 6.45) is -3.92. The highest BCUT2D eigenvalue weighted by atomic mass is 35.5. The number of aromatic nitrogens is 5. The zero-order valence-corrected chi connectivity index (χ0v) is 24.4. The third kappa shape index (κ3) is 5.04. The van der Waals surface area contributed by atoms with Crippen LogP contribution in [0.15, 0.2) is 23.1 Å². The van der Waals surface area contributed by atoms with Crippen LogP contribution in [0, 0.1) is 17.1 Å². The minimum Gasteiger partial charge on any atom is -0.443 e. The highest BCUT2D eigenvalue weighted by Gasteiger charge is 2.48.